The highest BCUT2D eigenvalue weighted by atomic mass is 33.1. The molecule has 0 radical (unpaired) electrons. The van der Waals surface area contributed by atoms with Crippen LogP contribution < -0.4 is 10.6 Å². The molecule has 2 N–H and O–H groups in total. The van der Waals surface area contributed by atoms with Gasteiger partial charge in [0.25, 0.3) is 23.6 Å². The standard InChI is InChI=1S/C34H32N6O8S4/c1-17(41)47-15-33-27(45)39-23-29(19-9-5-7-11-21(19)35-23,13-31(39,49-51-33)25(43)37(33)3)30-14-32-26(44)38(4)34(52-50-32,16-48-18(2)42)28(46)40(32)24(30)36-22-12-8-6-10-20(22)30/h5-12,23-24,35-36H,13-16H2,1-4H3/t23-,24-,29+,30+,31+,32+,33+,34+/m1/s1. The number of amides is 4. The Bertz CT molecular complexity index is 1960. The summed E-state index contributed by atoms with van der Waals surface area (Å²) in [6, 6.07) is 15.6. The molecule has 2 spiro atoms. The predicted octanol–water partition coefficient (Wildman–Crippen LogP) is 2.48. The molecule has 10 aliphatic heterocycles. The fraction of sp³-hybridized carbons (Fsp3) is 0.471. The van der Waals surface area contributed by atoms with E-state index in [1.807, 2.05) is 48.5 Å². The van der Waals surface area contributed by atoms with Crippen LogP contribution in [0, 0.1) is 0 Å². The number of nitrogens with one attached hydrogen (secondary N) is 2. The Kier molecular flexibility index (Phi) is 6.36. The van der Waals surface area contributed by atoms with E-state index >= 15 is 9.59 Å². The molecule has 0 unspecified atom stereocenters. The molecule has 10 aliphatic rings. The van der Waals surface area contributed by atoms with Crippen molar-refractivity contribution in [3.8, 4) is 0 Å². The lowest BCUT2D eigenvalue weighted by Gasteiger charge is -2.58. The summed E-state index contributed by atoms with van der Waals surface area (Å²) in [5.74, 6) is -2.40. The Morgan fingerprint density at radius 3 is 1.42 bits per heavy atom. The van der Waals surface area contributed by atoms with Crippen LogP contribution in [0.25, 0.3) is 0 Å². The van der Waals surface area contributed by atoms with Crippen molar-refractivity contribution in [3.63, 3.8) is 0 Å². The van der Waals surface area contributed by atoms with Gasteiger partial charge >= 0.3 is 11.9 Å². The molecule has 0 aliphatic carbocycles. The zero-order valence-corrected chi connectivity index (χ0v) is 31.6. The van der Waals surface area contributed by atoms with Gasteiger partial charge in [0, 0.05) is 52.2 Å². The molecule has 14 nitrogen and oxygen atoms in total. The zero-order chi connectivity index (χ0) is 36.4. The SMILES string of the molecule is CC(=O)OC[C@]12SS[C@@]3(C[C@]4([C@]56C[C@@]78SS[C@@](COC(C)=O)(C(=O)N7[C@H]5Nc5ccccc56)N(C)C8=O)c5ccccc5N[C@@H]4N3C1=O)C(=O)N2C. The van der Waals surface area contributed by atoms with Crippen LogP contribution in [-0.2, 0) is 49.1 Å². The van der Waals surface area contributed by atoms with Crippen molar-refractivity contribution in [3.05, 3.63) is 59.7 Å². The molecule has 4 bridgehead atoms. The van der Waals surface area contributed by atoms with Crippen LogP contribution in [0.4, 0.5) is 11.4 Å². The first-order valence-corrected chi connectivity index (χ1v) is 21.0. The molecular weight excluding hydrogens is 749 g/mol. The second-order valence-corrected chi connectivity index (χ2v) is 20.0. The quantitative estimate of drug-likeness (QED) is 0.337. The van der Waals surface area contributed by atoms with E-state index in [1.54, 1.807) is 23.9 Å². The van der Waals surface area contributed by atoms with E-state index in [2.05, 4.69) is 10.6 Å². The summed E-state index contributed by atoms with van der Waals surface area (Å²) in [5, 5.41) is 7.36. The van der Waals surface area contributed by atoms with Gasteiger partial charge in [0.2, 0.25) is 9.74 Å². The van der Waals surface area contributed by atoms with Gasteiger partial charge < -0.3 is 29.9 Å². The van der Waals surface area contributed by atoms with Crippen LogP contribution in [0.3, 0.4) is 0 Å². The summed E-state index contributed by atoms with van der Waals surface area (Å²) in [4.78, 5) is 84.5. The maximum Gasteiger partial charge on any atom is 0.302 e. The summed E-state index contributed by atoms with van der Waals surface area (Å²) in [6.45, 7) is 1.90. The van der Waals surface area contributed by atoms with E-state index in [0.29, 0.717) is 0 Å². The molecule has 0 saturated carbocycles. The van der Waals surface area contributed by atoms with E-state index in [9.17, 15) is 19.2 Å². The molecule has 10 heterocycles. The molecule has 2 aromatic rings. The van der Waals surface area contributed by atoms with Crippen LogP contribution in [-0.4, -0.2) is 114 Å². The van der Waals surface area contributed by atoms with Crippen molar-refractivity contribution in [1.29, 1.82) is 0 Å². The Balaban J connectivity index is 1.23. The smallest absolute Gasteiger partial charge is 0.302 e. The van der Waals surface area contributed by atoms with Gasteiger partial charge in [-0.05, 0) is 44.8 Å². The first-order chi connectivity index (χ1) is 24.8. The molecule has 8 atom stereocenters. The van der Waals surface area contributed by atoms with Gasteiger partial charge in [-0.1, -0.05) is 58.0 Å². The number of ether oxygens (including phenoxy) is 2. The number of carbonyl (C=O) groups is 6. The van der Waals surface area contributed by atoms with Gasteiger partial charge in [-0.25, -0.2) is 0 Å². The van der Waals surface area contributed by atoms with E-state index in [-0.39, 0.29) is 49.7 Å². The van der Waals surface area contributed by atoms with E-state index in [1.165, 1.54) is 66.8 Å². The number of carbonyl (C=O) groups excluding carboxylic acids is 6. The van der Waals surface area contributed by atoms with Crippen molar-refractivity contribution in [2.75, 3.05) is 37.9 Å². The minimum absolute atomic E-state index is 0.177. The number of para-hydroxylation sites is 2. The fourth-order valence-corrected chi connectivity index (χ4v) is 17.6. The number of fused-ring (bicyclic) bond motifs is 11. The fourth-order valence-electron chi connectivity index (χ4n) is 10.3. The Morgan fingerprint density at radius 2 is 1.04 bits per heavy atom. The predicted molar refractivity (Wildman–Crippen MR) is 194 cm³/mol. The number of rotatable bonds is 5. The summed E-state index contributed by atoms with van der Waals surface area (Å²) in [7, 11) is 8.26. The van der Waals surface area contributed by atoms with Gasteiger partial charge in [0.05, 0.1) is 10.8 Å². The molecule has 4 amide bonds. The topological polar surface area (TPSA) is 158 Å². The van der Waals surface area contributed by atoms with Crippen molar-refractivity contribution in [2.45, 2.75) is 69.3 Å². The third kappa shape index (κ3) is 3.31. The average molecular weight is 781 g/mol. The second-order valence-electron chi connectivity index (χ2n) is 14.6. The Labute approximate surface area is 313 Å². The first kappa shape index (κ1) is 32.9. The van der Waals surface area contributed by atoms with Crippen molar-refractivity contribution in [1.82, 2.24) is 19.6 Å². The van der Waals surface area contributed by atoms with Crippen LogP contribution in [0.15, 0.2) is 48.5 Å². The molecule has 0 aromatic heterocycles. The molecule has 2 aromatic carbocycles. The largest absolute Gasteiger partial charge is 0.462 e. The minimum atomic E-state index is -1.50. The number of piperazine rings is 2. The number of anilines is 2. The van der Waals surface area contributed by atoms with Crippen molar-refractivity contribution >= 4 is 90.1 Å². The number of nitrogens with zero attached hydrogens (tertiary/aromatic N) is 4. The third-order valence-electron chi connectivity index (χ3n) is 12.5. The first-order valence-electron chi connectivity index (χ1n) is 16.7. The summed E-state index contributed by atoms with van der Waals surface area (Å²) < 4.78 is 10.9. The maximum absolute atomic E-state index is 15.1. The van der Waals surface area contributed by atoms with Gasteiger partial charge in [-0.3, -0.25) is 38.6 Å². The molecule has 270 valence electrons. The monoisotopic (exact) mass is 780 g/mol. The molecule has 52 heavy (non-hydrogen) atoms. The molecule has 12 rings (SSSR count). The van der Waals surface area contributed by atoms with Gasteiger partial charge in [-0.15, -0.1) is 0 Å². The van der Waals surface area contributed by atoms with Crippen molar-refractivity contribution in [2.24, 2.45) is 0 Å². The molecular formula is C34H32N6O8S4. The number of hydrogen-bond acceptors (Lipinski definition) is 14. The molecule has 8 saturated heterocycles. The molecule has 18 heteroatoms. The van der Waals surface area contributed by atoms with Gasteiger partial charge in [-0.2, -0.15) is 0 Å². The number of esters is 2. The summed E-state index contributed by atoms with van der Waals surface area (Å²) in [5.41, 5.74) is 1.18. The highest BCUT2D eigenvalue weighted by Crippen LogP contribution is 2.78. The lowest BCUT2D eigenvalue weighted by molar-refractivity contribution is -0.170. The molecule has 8 fully saturated rings. The Morgan fingerprint density at radius 1 is 0.654 bits per heavy atom. The summed E-state index contributed by atoms with van der Waals surface area (Å²) in [6.07, 6.45) is -1.23. The minimum Gasteiger partial charge on any atom is -0.462 e. The highest BCUT2D eigenvalue weighted by molar-refractivity contribution is 8.78. The maximum atomic E-state index is 15.1. The van der Waals surface area contributed by atoms with Crippen molar-refractivity contribution < 1.29 is 38.2 Å². The van der Waals surface area contributed by atoms with Crippen LogP contribution in [0.1, 0.15) is 37.8 Å². The number of hydrogen-bond donors (Lipinski definition) is 2. The lowest BCUT2D eigenvalue weighted by Crippen LogP contribution is -2.77. The van der Waals surface area contributed by atoms with Crippen LogP contribution in [0.5, 0.6) is 0 Å². The van der Waals surface area contributed by atoms with E-state index < -0.39 is 54.6 Å². The average Bonchev–Trinajstić information content (AvgIpc) is 3.81. The van der Waals surface area contributed by atoms with Gasteiger partial charge in [0.1, 0.15) is 25.5 Å². The highest BCUT2D eigenvalue weighted by Gasteiger charge is 2.88. The van der Waals surface area contributed by atoms with E-state index in [4.69, 9.17) is 9.47 Å². The lowest BCUT2D eigenvalue weighted by atomic mass is 9.54. The van der Waals surface area contributed by atoms with Crippen LogP contribution in [0.2, 0.25) is 0 Å². The summed E-state index contributed by atoms with van der Waals surface area (Å²) >= 11 is 0. The van der Waals surface area contributed by atoms with Gasteiger partial charge in [0.15, 0.2) is 9.74 Å². The van der Waals surface area contributed by atoms with Crippen LogP contribution >= 0.6 is 43.2 Å². The number of benzene rings is 2. The second kappa shape index (κ2) is 10.1. The van der Waals surface area contributed by atoms with E-state index in [0.717, 1.165) is 22.5 Å². The number of likely N-dealkylation sites (N-methyl/N-ethyl adjacent to an activating group) is 2. The Hall–Kier alpha value is -3.74. The zero-order valence-electron chi connectivity index (χ0n) is 28.3. The normalized spacial score (nSPS) is 39.8. The third-order valence-corrected chi connectivity index (χ3v) is 19.7.